The summed E-state index contributed by atoms with van der Waals surface area (Å²) < 4.78 is 18.3. The lowest BCUT2D eigenvalue weighted by Gasteiger charge is -2.10. The fraction of sp³-hybridized carbons (Fsp3) is 0. The van der Waals surface area contributed by atoms with Crippen molar-refractivity contribution in [2.45, 2.75) is 0 Å². The lowest BCUT2D eigenvalue weighted by Crippen LogP contribution is -2.15. The van der Waals surface area contributed by atoms with Gasteiger partial charge in [-0.3, -0.25) is 10.2 Å². The van der Waals surface area contributed by atoms with Gasteiger partial charge in [0, 0.05) is 8.42 Å². The highest BCUT2D eigenvalue weighted by atomic mass is 19.1. The molecule has 6 nitrogen and oxygen atoms in total. The molecule has 0 aliphatic rings. The van der Waals surface area contributed by atoms with E-state index in [1.165, 1.54) is 42.7 Å². The lowest BCUT2D eigenvalue weighted by atomic mass is 10.1. The van der Waals surface area contributed by atoms with Crippen LogP contribution in [0, 0.1) is 11.2 Å². The quantitative estimate of drug-likeness (QED) is 0.637. The molecule has 24 heavy (non-hydrogen) atoms. The molecule has 3 rings (SSSR count). The van der Waals surface area contributed by atoms with Crippen LogP contribution in [-0.2, 0) is 0 Å². The summed E-state index contributed by atoms with van der Waals surface area (Å²) in [5.74, 6) is -0.587. The molecule has 2 aromatic heterocycles. The molecule has 124 valence electrons. The van der Waals surface area contributed by atoms with Gasteiger partial charge in [-0.2, -0.15) is 0 Å². The average molecular weight is 328 g/mol. The van der Waals surface area contributed by atoms with Crippen LogP contribution in [0.4, 0.5) is 15.9 Å². The van der Waals surface area contributed by atoms with E-state index in [2.05, 4.69) is 10.3 Å². The Morgan fingerprint density at radius 3 is 2.79 bits per heavy atom. The van der Waals surface area contributed by atoms with Crippen LogP contribution >= 0.6 is 0 Å². The maximum absolute atomic E-state index is 13.3. The number of anilines is 2. The summed E-state index contributed by atoms with van der Waals surface area (Å²) in [6.45, 7) is 0. The molecule has 0 aliphatic heterocycles. The molecule has 1 amide bonds. The zero-order valence-electron chi connectivity index (χ0n) is 12.4. The van der Waals surface area contributed by atoms with Crippen LogP contribution in [0.15, 0.2) is 59.2 Å². The Kier molecular flexibility index (Phi) is 4.07. The van der Waals surface area contributed by atoms with Crippen LogP contribution in [0.5, 0.6) is 0 Å². The van der Waals surface area contributed by atoms with Crippen LogP contribution in [0.2, 0.25) is 0 Å². The first-order valence-corrected chi connectivity index (χ1v) is 7.01. The number of benzene rings is 1. The molecule has 1 aromatic carbocycles. The van der Waals surface area contributed by atoms with Crippen molar-refractivity contribution in [1.29, 1.82) is 5.41 Å². The molecule has 7 heteroatoms. The number of hydrogen-bond donors (Lipinski definition) is 3. The van der Waals surface area contributed by atoms with Gasteiger partial charge in [0.05, 0.1) is 17.7 Å². The Balaban J connectivity index is 0.00000169. The summed E-state index contributed by atoms with van der Waals surface area (Å²) in [6.07, 6.45) is 1.39. The first-order valence-electron chi connectivity index (χ1n) is 7.01. The van der Waals surface area contributed by atoms with Crippen LogP contribution in [0.3, 0.4) is 0 Å². The van der Waals surface area contributed by atoms with Crippen molar-refractivity contribution < 1.29 is 16.5 Å². The van der Waals surface area contributed by atoms with Crippen LogP contribution in [0.25, 0.3) is 0 Å². The number of amides is 1. The van der Waals surface area contributed by atoms with Crippen molar-refractivity contribution in [3.63, 3.8) is 0 Å². The van der Waals surface area contributed by atoms with Crippen LogP contribution < -0.4 is 11.1 Å². The van der Waals surface area contributed by atoms with Crippen molar-refractivity contribution in [3.8, 4) is 0 Å². The topological polar surface area (TPSA) is 105 Å². The van der Waals surface area contributed by atoms with E-state index >= 15 is 0 Å². The Morgan fingerprint density at radius 2 is 2.08 bits per heavy atom. The van der Waals surface area contributed by atoms with Crippen molar-refractivity contribution in [3.05, 3.63) is 77.6 Å². The van der Waals surface area contributed by atoms with Gasteiger partial charge in [-0.15, -0.1) is 0 Å². The fourth-order valence-electron chi connectivity index (χ4n) is 2.11. The van der Waals surface area contributed by atoms with E-state index in [1.54, 1.807) is 12.1 Å². The van der Waals surface area contributed by atoms with Crippen LogP contribution in [-0.4, -0.2) is 16.6 Å². The van der Waals surface area contributed by atoms with Gasteiger partial charge in [-0.25, -0.2) is 9.37 Å². The molecule has 0 saturated carbocycles. The number of nitrogens with two attached hydrogens (primary N) is 1. The van der Waals surface area contributed by atoms with Gasteiger partial charge in [0.15, 0.2) is 5.76 Å². The number of rotatable bonds is 4. The van der Waals surface area contributed by atoms with E-state index in [0.717, 1.165) is 0 Å². The number of nitrogens with zero attached hydrogens (tertiary/aromatic N) is 1. The molecule has 2 heterocycles. The minimum Gasteiger partial charge on any atom is -0.459 e. The van der Waals surface area contributed by atoms with E-state index in [0.29, 0.717) is 5.56 Å². The maximum Gasteiger partial charge on any atom is 0.292 e. The van der Waals surface area contributed by atoms with Crippen molar-refractivity contribution >= 4 is 23.1 Å². The Labute approximate surface area is 139 Å². The van der Waals surface area contributed by atoms with E-state index in [1.807, 2.05) is 0 Å². The van der Waals surface area contributed by atoms with Gasteiger partial charge in [0.25, 0.3) is 5.91 Å². The molecular weight excluding hydrogens is 311 g/mol. The van der Waals surface area contributed by atoms with Gasteiger partial charge in [0.1, 0.15) is 17.3 Å². The first-order chi connectivity index (χ1) is 11.5. The van der Waals surface area contributed by atoms with Crippen molar-refractivity contribution in [2.24, 2.45) is 0 Å². The highest BCUT2D eigenvalue weighted by Crippen LogP contribution is 2.18. The van der Waals surface area contributed by atoms with E-state index in [4.69, 9.17) is 15.6 Å². The van der Waals surface area contributed by atoms with Gasteiger partial charge in [-0.05, 0) is 36.4 Å². The summed E-state index contributed by atoms with van der Waals surface area (Å²) in [7, 11) is 0. The number of hydrogen-bond acceptors (Lipinski definition) is 5. The minimum absolute atomic E-state index is 0. The lowest BCUT2D eigenvalue weighted by molar-refractivity contribution is 0.0996. The number of carbonyl (C=O) groups excluding carboxylic acids is 1. The third kappa shape index (κ3) is 3.14. The SMILES string of the molecule is N=C(c1cccc(F)c1)c1nc(NC(=O)c2ccco2)ccc1N.[HH].[HH]. The molecule has 0 saturated heterocycles. The number of furan rings is 1. The number of nitrogen functional groups attached to an aromatic ring is 1. The molecule has 0 atom stereocenters. The molecule has 0 bridgehead atoms. The normalized spacial score (nSPS) is 10.4. The molecule has 3 aromatic rings. The second-order valence-electron chi connectivity index (χ2n) is 4.95. The third-order valence-corrected chi connectivity index (χ3v) is 3.26. The molecule has 0 fully saturated rings. The van der Waals surface area contributed by atoms with Gasteiger partial charge in [-0.1, -0.05) is 12.1 Å². The summed E-state index contributed by atoms with van der Waals surface area (Å²) in [6, 6.07) is 11.7. The number of nitrogens with one attached hydrogen (secondary N) is 2. The van der Waals surface area contributed by atoms with E-state index < -0.39 is 11.7 Å². The van der Waals surface area contributed by atoms with Gasteiger partial charge < -0.3 is 15.5 Å². The fourth-order valence-corrected chi connectivity index (χ4v) is 2.11. The largest absolute Gasteiger partial charge is 0.459 e. The summed E-state index contributed by atoms with van der Waals surface area (Å²) >= 11 is 0. The summed E-state index contributed by atoms with van der Waals surface area (Å²) in [4.78, 5) is 16.2. The van der Waals surface area contributed by atoms with E-state index in [-0.39, 0.29) is 31.5 Å². The highest BCUT2D eigenvalue weighted by molar-refractivity contribution is 6.13. The zero-order valence-corrected chi connectivity index (χ0v) is 12.4. The predicted molar refractivity (Wildman–Crippen MR) is 91.9 cm³/mol. The Morgan fingerprint density at radius 1 is 1.25 bits per heavy atom. The number of halogens is 1. The molecule has 4 N–H and O–H groups in total. The number of carbonyl (C=O) groups is 1. The standard InChI is InChI=1S/C17H13FN4O2.2H2/c18-11-4-1-3-10(9-11)15(20)16-12(19)6-7-14(21-16)22-17(23)13-5-2-8-24-13;;/h1-9,20H,19H2,(H,21,22,23);2*1H. The van der Waals surface area contributed by atoms with E-state index in [9.17, 15) is 9.18 Å². The second kappa shape index (κ2) is 6.33. The highest BCUT2D eigenvalue weighted by Gasteiger charge is 2.14. The summed E-state index contributed by atoms with van der Waals surface area (Å²) in [5.41, 5.74) is 6.56. The monoisotopic (exact) mass is 328 g/mol. The molecule has 0 aliphatic carbocycles. The third-order valence-electron chi connectivity index (χ3n) is 3.26. The molecule has 0 spiro atoms. The number of pyridine rings is 1. The zero-order chi connectivity index (χ0) is 17.1. The van der Waals surface area contributed by atoms with Crippen molar-refractivity contribution in [2.75, 3.05) is 11.1 Å². The Bertz CT molecular complexity index is 917. The maximum atomic E-state index is 13.3. The summed E-state index contributed by atoms with van der Waals surface area (Å²) in [5, 5.41) is 10.7. The second-order valence-corrected chi connectivity index (χ2v) is 4.95. The predicted octanol–water partition coefficient (Wildman–Crippen LogP) is 3.56. The van der Waals surface area contributed by atoms with Crippen molar-refractivity contribution in [1.82, 2.24) is 4.98 Å². The molecule has 0 radical (unpaired) electrons. The molecular formula is C17H17FN4O2. The molecule has 0 unspecified atom stereocenters. The van der Waals surface area contributed by atoms with Gasteiger partial charge >= 0.3 is 0 Å². The first kappa shape index (κ1) is 15.4. The van der Waals surface area contributed by atoms with Gasteiger partial charge in [0.2, 0.25) is 0 Å². The smallest absolute Gasteiger partial charge is 0.292 e. The van der Waals surface area contributed by atoms with Crippen LogP contribution in [0.1, 0.15) is 24.7 Å². The average Bonchev–Trinajstić information content (AvgIpc) is 3.10. The number of aromatic nitrogens is 1. The Hall–Kier alpha value is -3.48. The minimum atomic E-state index is -0.472.